The monoisotopic (exact) mass is 457 g/mol. The maximum Gasteiger partial charge on any atom is 0.311 e. The second kappa shape index (κ2) is 9.16. The number of carbonyl (C=O) groups is 1. The fraction of sp³-hybridized carbons (Fsp3) is 0.100. The van der Waals surface area contributed by atoms with Crippen molar-refractivity contribution in [3.63, 3.8) is 0 Å². The Morgan fingerprint density at radius 1 is 1.28 bits per heavy atom. The Labute approximate surface area is 174 Å². The smallest absolute Gasteiger partial charge is 0.311 e. The SMILES string of the molecule is Cc1ccc(OCC(=O)N/N=C\c2ccc(-c3cccc(Br)c3)o2)c([N+](=O)[O-])c1. The van der Waals surface area contributed by atoms with Gasteiger partial charge in [-0.3, -0.25) is 14.9 Å². The second-order valence-corrected chi connectivity index (χ2v) is 6.94. The minimum Gasteiger partial charge on any atom is -0.477 e. The van der Waals surface area contributed by atoms with Crippen LogP contribution in [0.2, 0.25) is 0 Å². The molecule has 0 aliphatic heterocycles. The number of benzene rings is 2. The number of hydrogen-bond acceptors (Lipinski definition) is 6. The van der Waals surface area contributed by atoms with Gasteiger partial charge in [-0.2, -0.15) is 5.10 Å². The van der Waals surface area contributed by atoms with Gasteiger partial charge in [0.1, 0.15) is 11.5 Å². The quantitative estimate of drug-likeness (QED) is 0.320. The van der Waals surface area contributed by atoms with Crippen molar-refractivity contribution in [3.05, 3.63) is 80.5 Å². The third kappa shape index (κ3) is 5.52. The van der Waals surface area contributed by atoms with E-state index in [0.29, 0.717) is 11.5 Å². The molecule has 0 aliphatic carbocycles. The fourth-order valence-corrected chi connectivity index (χ4v) is 2.85. The van der Waals surface area contributed by atoms with Crippen LogP contribution in [-0.4, -0.2) is 23.7 Å². The summed E-state index contributed by atoms with van der Waals surface area (Å²) in [5.41, 5.74) is 3.71. The molecule has 0 atom stereocenters. The molecule has 2 aromatic carbocycles. The summed E-state index contributed by atoms with van der Waals surface area (Å²) in [5.74, 6) is 0.573. The number of amides is 1. The van der Waals surface area contributed by atoms with Gasteiger partial charge in [0, 0.05) is 16.1 Å². The van der Waals surface area contributed by atoms with E-state index >= 15 is 0 Å². The van der Waals surface area contributed by atoms with Crippen molar-refractivity contribution >= 4 is 33.7 Å². The van der Waals surface area contributed by atoms with Crippen LogP contribution in [0.3, 0.4) is 0 Å². The Balaban J connectivity index is 1.55. The molecule has 0 fully saturated rings. The number of hydrogen-bond donors (Lipinski definition) is 1. The largest absolute Gasteiger partial charge is 0.477 e. The lowest BCUT2D eigenvalue weighted by atomic mass is 10.2. The zero-order valence-electron chi connectivity index (χ0n) is 15.3. The van der Waals surface area contributed by atoms with Gasteiger partial charge in [-0.25, -0.2) is 5.43 Å². The average Bonchev–Trinajstić information content (AvgIpc) is 3.16. The Bertz CT molecular complexity index is 1080. The van der Waals surface area contributed by atoms with Gasteiger partial charge in [-0.1, -0.05) is 34.1 Å². The van der Waals surface area contributed by atoms with Crippen molar-refractivity contribution in [2.24, 2.45) is 5.10 Å². The van der Waals surface area contributed by atoms with Gasteiger partial charge in [-0.05, 0) is 42.8 Å². The predicted octanol–water partition coefficient (Wildman–Crippen LogP) is 4.45. The third-order valence-electron chi connectivity index (χ3n) is 3.79. The van der Waals surface area contributed by atoms with Gasteiger partial charge in [0.15, 0.2) is 12.4 Å². The number of furan rings is 1. The van der Waals surface area contributed by atoms with Crippen LogP contribution < -0.4 is 10.2 Å². The van der Waals surface area contributed by atoms with E-state index < -0.39 is 17.4 Å². The van der Waals surface area contributed by atoms with Gasteiger partial charge in [0.25, 0.3) is 5.91 Å². The molecule has 148 valence electrons. The summed E-state index contributed by atoms with van der Waals surface area (Å²) in [6, 6.07) is 15.7. The maximum atomic E-state index is 11.9. The van der Waals surface area contributed by atoms with Crippen molar-refractivity contribution in [2.45, 2.75) is 6.92 Å². The summed E-state index contributed by atoms with van der Waals surface area (Å²) < 4.78 is 11.8. The molecule has 0 aliphatic rings. The predicted molar refractivity (Wildman–Crippen MR) is 111 cm³/mol. The molecule has 0 radical (unpaired) electrons. The molecule has 0 saturated carbocycles. The number of aryl methyl sites for hydroxylation is 1. The van der Waals surface area contributed by atoms with Crippen LogP contribution in [0, 0.1) is 17.0 Å². The molecular formula is C20H16BrN3O5. The highest BCUT2D eigenvalue weighted by Crippen LogP contribution is 2.27. The van der Waals surface area contributed by atoms with E-state index in [0.717, 1.165) is 15.6 Å². The molecule has 1 N–H and O–H groups in total. The Morgan fingerprint density at radius 2 is 2.10 bits per heavy atom. The summed E-state index contributed by atoms with van der Waals surface area (Å²) in [4.78, 5) is 22.4. The summed E-state index contributed by atoms with van der Waals surface area (Å²) in [6.07, 6.45) is 1.35. The molecule has 8 nitrogen and oxygen atoms in total. The Hall–Kier alpha value is -3.46. The van der Waals surface area contributed by atoms with Crippen LogP contribution in [-0.2, 0) is 4.79 Å². The van der Waals surface area contributed by atoms with Gasteiger partial charge in [-0.15, -0.1) is 0 Å². The topological polar surface area (TPSA) is 107 Å². The van der Waals surface area contributed by atoms with E-state index in [2.05, 4.69) is 26.5 Å². The van der Waals surface area contributed by atoms with E-state index in [4.69, 9.17) is 9.15 Å². The van der Waals surface area contributed by atoms with Crippen LogP contribution in [0.15, 0.2) is 68.6 Å². The normalized spacial score (nSPS) is 10.8. The summed E-state index contributed by atoms with van der Waals surface area (Å²) in [5, 5.41) is 14.9. The highest BCUT2D eigenvalue weighted by Gasteiger charge is 2.16. The minimum absolute atomic E-state index is 0.0180. The summed E-state index contributed by atoms with van der Waals surface area (Å²) in [6.45, 7) is 1.32. The molecule has 0 spiro atoms. The fourth-order valence-electron chi connectivity index (χ4n) is 2.45. The molecule has 0 saturated heterocycles. The van der Waals surface area contributed by atoms with Crippen molar-refractivity contribution in [2.75, 3.05) is 6.61 Å². The molecule has 1 aromatic heterocycles. The first-order valence-electron chi connectivity index (χ1n) is 8.48. The van der Waals surface area contributed by atoms with E-state index in [-0.39, 0.29) is 11.4 Å². The first kappa shape index (κ1) is 20.3. The van der Waals surface area contributed by atoms with Crippen molar-refractivity contribution in [1.29, 1.82) is 0 Å². The van der Waals surface area contributed by atoms with Gasteiger partial charge in [0.05, 0.1) is 11.1 Å². The molecule has 0 bridgehead atoms. The number of nitrogens with zero attached hydrogens (tertiary/aromatic N) is 2. The number of ether oxygens (including phenoxy) is 1. The molecule has 1 heterocycles. The highest BCUT2D eigenvalue weighted by molar-refractivity contribution is 9.10. The van der Waals surface area contributed by atoms with Crippen LogP contribution in [0.1, 0.15) is 11.3 Å². The number of hydrazone groups is 1. The van der Waals surface area contributed by atoms with Gasteiger partial charge >= 0.3 is 5.69 Å². The lowest BCUT2D eigenvalue weighted by Crippen LogP contribution is -2.24. The van der Waals surface area contributed by atoms with Crippen molar-refractivity contribution < 1.29 is 18.9 Å². The van der Waals surface area contributed by atoms with E-state index in [1.54, 1.807) is 25.1 Å². The molecule has 1 amide bonds. The Morgan fingerprint density at radius 3 is 2.86 bits per heavy atom. The van der Waals surface area contributed by atoms with Gasteiger partial charge < -0.3 is 9.15 Å². The molecular weight excluding hydrogens is 442 g/mol. The summed E-state index contributed by atoms with van der Waals surface area (Å²) >= 11 is 3.41. The molecule has 3 rings (SSSR count). The van der Waals surface area contributed by atoms with Gasteiger partial charge in [0.2, 0.25) is 0 Å². The van der Waals surface area contributed by atoms with Crippen LogP contribution >= 0.6 is 15.9 Å². The Kier molecular flexibility index (Phi) is 6.40. The molecule has 29 heavy (non-hydrogen) atoms. The average molecular weight is 458 g/mol. The number of nitro groups is 1. The van der Waals surface area contributed by atoms with Crippen molar-refractivity contribution in [1.82, 2.24) is 5.43 Å². The summed E-state index contributed by atoms with van der Waals surface area (Å²) in [7, 11) is 0. The maximum absolute atomic E-state index is 11.9. The van der Waals surface area contributed by atoms with Crippen LogP contribution in [0.25, 0.3) is 11.3 Å². The number of carbonyl (C=O) groups excluding carboxylic acids is 1. The molecule has 0 unspecified atom stereocenters. The van der Waals surface area contributed by atoms with E-state index in [1.165, 1.54) is 18.3 Å². The zero-order chi connectivity index (χ0) is 20.8. The minimum atomic E-state index is -0.560. The van der Waals surface area contributed by atoms with Crippen LogP contribution in [0.5, 0.6) is 5.75 Å². The van der Waals surface area contributed by atoms with E-state index in [9.17, 15) is 14.9 Å². The number of nitrogens with one attached hydrogen (secondary N) is 1. The van der Waals surface area contributed by atoms with E-state index in [1.807, 2.05) is 24.3 Å². The molecule has 3 aromatic rings. The lowest BCUT2D eigenvalue weighted by Gasteiger charge is -2.06. The molecule has 9 heteroatoms. The second-order valence-electron chi connectivity index (χ2n) is 6.02. The number of nitro benzene ring substituents is 1. The third-order valence-corrected chi connectivity index (χ3v) is 4.28. The van der Waals surface area contributed by atoms with Crippen molar-refractivity contribution in [3.8, 4) is 17.1 Å². The van der Waals surface area contributed by atoms with Crippen LogP contribution in [0.4, 0.5) is 5.69 Å². The number of halogens is 1. The lowest BCUT2D eigenvalue weighted by molar-refractivity contribution is -0.385. The highest BCUT2D eigenvalue weighted by atomic mass is 79.9. The number of rotatable bonds is 7. The first-order chi connectivity index (χ1) is 13.9. The standard InChI is InChI=1S/C20H16BrN3O5/c1-13-5-7-19(17(9-13)24(26)27)28-12-20(25)23-22-11-16-6-8-18(29-16)14-3-2-4-15(21)10-14/h2-11H,12H2,1H3,(H,23,25)/b22-11-. The zero-order valence-corrected chi connectivity index (χ0v) is 16.9. The first-order valence-corrected chi connectivity index (χ1v) is 9.27.